The molecule has 1 heterocycles. The zero-order chi connectivity index (χ0) is 11.5. The molecule has 0 unspecified atom stereocenters. The highest BCUT2D eigenvalue weighted by molar-refractivity contribution is 5.40. The van der Waals surface area contributed by atoms with E-state index in [2.05, 4.69) is 15.5 Å². The second-order valence-electron chi connectivity index (χ2n) is 3.70. The maximum atomic E-state index is 5.63. The minimum absolute atomic E-state index is 0.733. The predicted molar refractivity (Wildman–Crippen MR) is 61.8 cm³/mol. The van der Waals surface area contributed by atoms with Gasteiger partial charge >= 0.3 is 0 Å². The molecular weight excluding hydrogens is 204 g/mol. The van der Waals surface area contributed by atoms with Crippen LogP contribution >= 0.6 is 0 Å². The molecule has 6 nitrogen and oxygen atoms in total. The molecular formula is C10H14N6. The van der Waals surface area contributed by atoms with Crippen LogP contribution in [0, 0.1) is 0 Å². The number of aromatic nitrogens is 4. The number of nitrogens with zero attached hydrogens (tertiary/aromatic N) is 5. The lowest BCUT2D eigenvalue weighted by Gasteiger charge is -2.16. The lowest BCUT2D eigenvalue weighted by molar-refractivity contribution is 0.696. The van der Waals surface area contributed by atoms with E-state index < -0.39 is 0 Å². The van der Waals surface area contributed by atoms with Gasteiger partial charge in [-0.25, -0.2) is 4.68 Å². The molecule has 0 aliphatic rings. The van der Waals surface area contributed by atoms with Gasteiger partial charge in [-0.2, -0.15) is 0 Å². The van der Waals surface area contributed by atoms with Crippen LogP contribution in [0.4, 0.5) is 11.6 Å². The van der Waals surface area contributed by atoms with E-state index in [1.165, 1.54) is 5.56 Å². The minimum atomic E-state index is 0.733. The first-order valence-electron chi connectivity index (χ1n) is 4.95. The molecule has 0 spiro atoms. The van der Waals surface area contributed by atoms with Crippen LogP contribution in [0.1, 0.15) is 5.56 Å². The van der Waals surface area contributed by atoms with Crippen molar-refractivity contribution in [3.05, 3.63) is 29.8 Å². The number of aryl methyl sites for hydroxylation is 1. The number of tetrazole rings is 1. The fourth-order valence-electron chi connectivity index (χ4n) is 1.52. The highest BCUT2D eigenvalue weighted by Crippen LogP contribution is 2.11. The molecule has 0 atom stereocenters. The molecule has 0 saturated heterocycles. The predicted octanol–water partition coefficient (Wildman–Crippen LogP) is 0.429. The molecule has 0 amide bonds. The quantitative estimate of drug-likeness (QED) is 0.756. The van der Waals surface area contributed by atoms with Gasteiger partial charge in [0.15, 0.2) is 0 Å². The van der Waals surface area contributed by atoms with Crippen molar-refractivity contribution in [2.75, 3.05) is 17.7 Å². The minimum Gasteiger partial charge on any atom is -0.399 e. The highest BCUT2D eigenvalue weighted by atomic mass is 15.6. The molecule has 1 aromatic heterocycles. The van der Waals surface area contributed by atoms with E-state index in [1.54, 1.807) is 4.68 Å². The van der Waals surface area contributed by atoms with Crippen LogP contribution in [0.15, 0.2) is 24.3 Å². The van der Waals surface area contributed by atoms with Gasteiger partial charge in [-0.15, -0.1) is 0 Å². The molecule has 0 radical (unpaired) electrons. The number of rotatable bonds is 3. The zero-order valence-corrected chi connectivity index (χ0v) is 9.33. The summed E-state index contributed by atoms with van der Waals surface area (Å²) in [5.74, 6) is 0.733. The Labute approximate surface area is 93.7 Å². The third-order valence-corrected chi connectivity index (χ3v) is 2.34. The second kappa shape index (κ2) is 4.18. The van der Waals surface area contributed by atoms with Crippen LogP contribution in [0.3, 0.4) is 0 Å². The third kappa shape index (κ3) is 2.10. The Kier molecular flexibility index (Phi) is 2.72. The normalized spacial score (nSPS) is 10.4. The summed E-state index contributed by atoms with van der Waals surface area (Å²) < 4.78 is 1.64. The van der Waals surface area contributed by atoms with Crippen molar-refractivity contribution in [2.45, 2.75) is 6.54 Å². The Hall–Kier alpha value is -2.11. The maximum absolute atomic E-state index is 5.63. The Morgan fingerprint density at radius 1 is 1.31 bits per heavy atom. The second-order valence-corrected chi connectivity index (χ2v) is 3.70. The average Bonchev–Trinajstić information content (AvgIpc) is 2.68. The van der Waals surface area contributed by atoms with E-state index in [9.17, 15) is 0 Å². The van der Waals surface area contributed by atoms with Gasteiger partial charge in [0.05, 0.1) is 0 Å². The maximum Gasteiger partial charge on any atom is 0.245 e. The van der Waals surface area contributed by atoms with Crippen molar-refractivity contribution in [3.8, 4) is 0 Å². The van der Waals surface area contributed by atoms with E-state index in [-0.39, 0.29) is 0 Å². The summed E-state index contributed by atoms with van der Waals surface area (Å²) in [4.78, 5) is 1.98. The largest absolute Gasteiger partial charge is 0.399 e. The van der Waals surface area contributed by atoms with E-state index in [1.807, 2.05) is 43.3 Å². The van der Waals surface area contributed by atoms with Gasteiger partial charge < -0.3 is 10.6 Å². The fraction of sp³-hybridized carbons (Fsp3) is 0.300. The van der Waals surface area contributed by atoms with Crippen molar-refractivity contribution in [1.82, 2.24) is 20.2 Å². The Bertz CT molecular complexity index is 460. The number of hydrogen-bond donors (Lipinski definition) is 1. The molecule has 2 rings (SSSR count). The summed E-state index contributed by atoms with van der Waals surface area (Å²) in [6, 6.07) is 7.77. The summed E-state index contributed by atoms with van der Waals surface area (Å²) in [5.41, 5.74) is 7.56. The first-order chi connectivity index (χ1) is 7.66. The lowest BCUT2D eigenvalue weighted by atomic mass is 10.2. The molecule has 0 bridgehead atoms. The van der Waals surface area contributed by atoms with Crippen molar-refractivity contribution < 1.29 is 0 Å². The molecule has 2 N–H and O–H groups in total. The Morgan fingerprint density at radius 3 is 2.56 bits per heavy atom. The first-order valence-corrected chi connectivity index (χ1v) is 4.95. The number of anilines is 2. The van der Waals surface area contributed by atoms with Gasteiger partial charge in [0.25, 0.3) is 0 Å². The van der Waals surface area contributed by atoms with Crippen molar-refractivity contribution >= 4 is 11.6 Å². The summed E-state index contributed by atoms with van der Waals surface area (Å²) in [6.45, 7) is 0.745. The summed E-state index contributed by atoms with van der Waals surface area (Å²) >= 11 is 0. The summed E-state index contributed by atoms with van der Waals surface area (Å²) in [6.07, 6.45) is 0. The lowest BCUT2D eigenvalue weighted by Crippen LogP contribution is -2.20. The van der Waals surface area contributed by atoms with Crippen LogP contribution in [0.5, 0.6) is 0 Å². The molecule has 84 valence electrons. The van der Waals surface area contributed by atoms with Gasteiger partial charge in [0.2, 0.25) is 5.95 Å². The van der Waals surface area contributed by atoms with Crippen molar-refractivity contribution in [1.29, 1.82) is 0 Å². The number of hydrogen-bond acceptors (Lipinski definition) is 5. The summed E-state index contributed by atoms with van der Waals surface area (Å²) in [7, 11) is 3.76. The van der Waals surface area contributed by atoms with Crippen LogP contribution < -0.4 is 10.6 Å². The fourth-order valence-corrected chi connectivity index (χ4v) is 1.52. The van der Waals surface area contributed by atoms with Crippen LogP contribution in [0.25, 0.3) is 0 Å². The van der Waals surface area contributed by atoms with E-state index in [0.29, 0.717) is 0 Å². The van der Waals surface area contributed by atoms with Gasteiger partial charge in [0.1, 0.15) is 0 Å². The van der Waals surface area contributed by atoms with Crippen molar-refractivity contribution in [2.24, 2.45) is 7.05 Å². The molecule has 0 fully saturated rings. The monoisotopic (exact) mass is 218 g/mol. The van der Waals surface area contributed by atoms with Crippen molar-refractivity contribution in [3.63, 3.8) is 0 Å². The first kappa shape index (κ1) is 10.4. The molecule has 0 aliphatic heterocycles. The van der Waals surface area contributed by atoms with E-state index in [0.717, 1.165) is 18.2 Å². The standard InChI is InChI=1S/C10H14N6/c1-15(10-12-13-14-16(10)2)7-8-3-5-9(11)6-4-8/h3-6H,7,11H2,1-2H3. The van der Waals surface area contributed by atoms with E-state index >= 15 is 0 Å². The van der Waals surface area contributed by atoms with Gasteiger partial charge in [-0.1, -0.05) is 17.2 Å². The van der Waals surface area contributed by atoms with Gasteiger partial charge in [0, 0.05) is 26.3 Å². The molecule has 0 saturated carbocycles. The average molecular weight is 218 g/mol. The summed E-state index contributed by atoms with van der Waals surface area (Å²) in [5, 5.41) is 11.3. The van der Waals surface area contributed by atoms with Gasteiger partial charge in [-0.05, 0) is 28.1 Å². The molecule has 6 heteroatoms. The third-order valence-electron chi connectivity index (χ3n) is 2.34. The SMILES string of the molecule is CN(Cc1ccc(N)cc1)c1nnnn1C. The van der Waals surface area contributed by atoms with Crippen LogP contribution in [0.2, 0.25) is 0 Å². The molecule has 16 heavy (non-hydrogen) atoms. The Balaban J connectivity index is 2.10. The molecule has 2 aromatic rings. The molecule has 0 aliphatic carbocycles. The number of benzene rings is 1. The number of nitrogen functional groups attached to an aromatic ring is 1. The smallest absolute Gasteiger partial charge is 0.245 e. The number of nitrogens with two attached hydrogens (primary N) is 1. The highest BCUT2D eigenvalue weighted by Gasteiger charge is 2.08. The van der Waals surface area contributed by atoms with E-state index in [4.69, 9.17) is 5.73 Å². The molecule has 1 aromatic carbocycles. The van der Waals surface area contributed by atoms with Crippen LogP contribution in [-0.4, -0.2) is 27.3 Å². The topological polar surface area (TPSA) is 72.9 Å². The van der Waals surface area contributed by atoms with Gasteiger partial charge in [-0.3, -0.25) is 0 Å². The zero-order valence-electron chi connectivity index (χ0n) is 9.33. The Morgan fingerprint density at radius 2 is 2.00 bits per heavy atom. The van der Waals surface area contributed by atoms with Crippen LogP contribution in [-0.2, 0) is 13.6 Å².